The van der Waals surface area contributed by atoms with E-state index in [1.165, 1.54) is 0 Å². The molecule has 0 saturated carbocycles. The maximum absolute atomic E-state index is 8.50. The van der Waals surface area contributed by atoms with Crippen LogP contribution in [-0.2, 0) is 6.21 Å². The molecule has 0 aromatic heterocycles. The molecular formula is HClO2Te. The first-order valence-electron chi connectivity index (χ1n) is 0.333. The van der Waals surface area contributed by atoms with E-state index in [-0.39, 0.29) is 12.4 Å². The number of halogens is 1. The zero-order valence-electron chi connectivity index (χ0n) is 1.63. The number of rotatable bonds is 0. The summed E-state index contributed by atoms with van der Waals surface area (Å²) in [6.07, 6.45) is 0. The molecule has 0 rings (SSSR count). The van der Waals surface area contributed by atoms with Gasteiger partial charge in [-0.3, -0.25) is 0 Å². The summed E-state index contributed by atoms with van der Waals surface area (Å²) in [6, 6.07) is 0. The molecule has 4 heteroatoms. The van der Waals surface area contributed by atoms with Gasteiger partial charge in [0.2, 0.25) is 0 Å². The van der Waals surface area contributed by atoms with Gasteiger partial charge in [0.1, 0.15) is 0 Å². The first kappa shape index (κ1) is 8.82. The third kappa shape index (κ3) is 16.4. The van der Waals surface area contributed by atoms with E-state index >= 15 is 0 Å². The zero-order valence-corrected chi connectivity index (χ0v) is 4.78. The molecule has 0 aliphatic carbocycles. The molecule has 4 heavy (non-hydrogen) atoms. The van der Waals surface area contributed by atoms with Crippen molar-refractivity contribution in [1.29, 1.82) is 0 Å². The molecule has 0 atom stereocenters. The first-order valence-corrected chi connectivity index (χ1v) is 2.24. The van der Waals surface area contributed by atoms with E-state index in [1.807, 2.05) is 0 Å². The monoisotopic (exact) mass is 198 g/mol. The second-order valence-electron chi connectivity index (χ2n) is 0.0680. The Labute approximate surface area is 39.8 Å². The van der Waals surface area contributed by atoms with E-state index in [9.17, 15) is 0 Å². The minimum atomic E-state index is -2.03. The fraction of sp³-hybridized carbons (Fsp3) is 0. The van der Waals surface area contributed by atoms with Crippen molar-refractivity contribution in [3.05, 3.63) is 0 Å². The van der Waals surface area contributed by atoms with Crippen molar-refractivity contribution in [2.75, 3.05) is 0 Å². The van der Waals surface area contributed by atoms with Gasteiger partial charge < -0.3 is 0 Å². The molecule has 0 unspecified atom stereocenters. The van der Waals surface area contributed by atoms with Crippen LogP contribution >= 0.6 is 12.4 Å². The van der Waals surface area contributed by atoms with Gasteiger partial charge in [-0.1, -0.05) is 0 Å². The molecule has 26 valence electrons. The van der Waals surface area contributed by atoms with E-state index in [1.54, 1.807) is 0 Å². The molecule has 0 aliphatic rings. The fourth-order valence-electron chi connectivity index (χ4n) is 0. The van der Waals surface area contributed by atoms with Gasteiger partial charge in [0.05, 0.1) is 0 Å². The molecule has 0 aliphatic heterocycles. The molecule has 2 nitrogen and oxygen atoms in total. The van der Waals surface area contributed by atoms with Crippen LogP contribution < -0.4 is 0 Å². The van der Waals surface area contributed by atoms with Crippen molar-refractivity contribution >= 4 is 33.3 Å². The van der Waals surface area contributed by atoms with Gasteiger partial charge in [-0.25, -0.2) is 0 Å². The Morgan fingerprint density at radius 3 is 1.25 bits per heavy atom. The second-order valence-corrected chi connectivity index (χ2v) is 0.456. The summed E-state index contributed by atoms with van der Waals surface area (Å²) >= 11 is -2.03. The molecule has 0 heterocycles. The standard InChI is InChI=1S/ClH.O2Te/c;1-3-2/h1H;. The Bertz CT molecular complexity index is 27.0. The topological polar surface area (TPSA) is 34.1 Å². The fourth-order valence-corrected chi connectivity index (χ4v) is 0. The van der Waals surface area contributed by atoms with E-state index in [0.29, 0.717) is 0 Å². The summed E-state index contributed by atoms with van der Waals surface area (Å²) in [6.45, 7) is 0. The summed E-state index contributed by atoms with van der Waals surface area (Å²) in [4.78, 5) is 0. The van der Waals surface area contributed by atoms with Crippen LogP contribution in [0.5, 0.6) is 0 Å². The average Bonchev–Trinajstić information content (AvgIpc) is 0.918. The molecule has 0 bridgehead atoms. The van der Waals surface area contributed by atoms with Crippen molar-refractivity contribution < 1.29 is 6.21 Å². The molecular weight excluding hydrogens is 195 g/mol. The van der Waals surface area contributed by atoms with Crippen LogP contribution in [0.4, 0.5) is 0 Å². The van der Waals surface area contributed by atoms with Crippen LogP contribution in [0.15, 0.2) is 0 Å². The molecule has 0 saturated heterocycles. The third-order valence-electron chi connectivity index (χ3n) is 0. The molecule has 0 amide bonds. The van der Waals surface area contributed by atoms with E-state index in [2.05, 4.69) is 0 Å². The van der Waals surface area contributed by atoms with E-state index in [4.69, 9.17) is 6.21 Å². The van der Waals surface area contributed by atoms with Gasteiger partial charge >= 0.3 is 27.1 Å². The first-order chi connectivity index (χ1) is 1.41. The van der Waals surface area contributed by atoms with Gasteiger partial charge in [-0.15, -0.1) is 12.4 Å². The summed E-state index contributed by atoms with van der Waals surface area (Å²) in [5, 5.41) is 0. The van der Waals surface area contributed by atoms with Gasteiger partial charge in [0.25, 0.3) is 0 Å². The molecule has 0 spiro atoms. The molecule has 0 N–H and O–H groups in total. The molecule has 0 radical (unpaired) electrons. The molecule has 0 aromatic carbocycles. The second kappa shape index (κ2) is 9.37. The van der Waals surface area contributed by atoms with Gasteiger partial charge in [-0.05, 0) is 0 Å². The summed E-state index contributed by atoms with van der Waals surface area (Å²) in [5.41, 5.74) is 0. The number of hydrogen-bond donors (Lipinski definition) is 0. The molecule has 0 aromatic rings. The van der Waals surface area contributed by atoms with Crippen molar-refractivity contribution in [3.8, 4) is 0 Å². The Kier molecular flexibility index (Phi) is 20.7. The minimum absolute atomic E-state index is 0. The quantitative estimate of drug-likeness (QED) is 0.503. The predicted molar refractivity (Wildman–Crippen MR) is 14.4 cm³/mol. The van der Waals surface area contributed by atoms with Crippen molar-refractivity contribution in [2.45, 2.75) is 0 Å². The van der Waals surface area contributed by atoms with Crippen LogP contribution in [-0.4, -0.2) is 20.9 Å². The SMILES string of the molecule is Cl.O=[Te]=O. The van der Waals surface area contributed by atoms with Crippen molar-refractivity contribution in [1.82, 2.24) is 0 Å². The Morgan fingerprint density at radius 2 is 1.25 bits per heavy atom. The zero-order chi connectivity index (χ0) is 2.71. The Hall–Kier alpha value is 0.680. The van der Waals surface area contributed by atoms with E-state index < -0.39 is 20.9 Å². The van der Waals surface area contributed by atoms with Crippen molar-refractivity contribution in [2.24, 2.45) is 0 Å². The van der Waals surface area contributed by atoms with Crippen LogP contribution in [0.2, 0.25) is 0 Å². The maximum atomic E-state index is 8.50. The van der Waals surface area contributed by atoms with Gasteiger partial charge in [0.15, 0.2) is 0 Å². The van der Waals surface area contributed by atoms with Gasteiger partial charge in [-0.2, -0.15) is 0 Å². The third-order valence-corrected chi connectivity index (χ3v) is 0. The van der Waals surface area contributed by atoms with E-state index in [0.717, 1.165) is 0 Å². The Balaban J connectivity index is 0. The average molecular weight is 196 g/mol. The summed E-state index contributed by atoms with van der Waals surface area (Å²) in [5.74, 6) is 0. The van der Waals surface area contributed by atoms with Crippen LogP contribution in [0.3, 0.4) is 0 Å². The summed E-state index contributed by atoms with van der Waals surface area (Å²) in [7, 11) is 0. The van der Waals surface area contributed by atoms with Crippen LogP contribution in [0, 0.1) is 0 Å². The van der Waals surface area contributed by atoms with Crippen LogP contribution in [0.1, 0.15) is 0 Å². The Morgan fingerprint density at radius 1 is 1.25 bits per heavy atom. The number of hydrogen-bond acceptors (Lipinski definition) is 2. The predicted octanol–water partition coefficient (Wildman–Crippen LogP) is -0.197. The summed E-state index contributed by atoms with van der Waals surface area (Å²) < 4.78 is 17.0. The normalized spacial score (nSPS) is 3.00. The van der Waals surface area contributed by atoms with Crippen LogP contribution in [0.25, 0.3) is 0 Å². The van der Waals surface area contributed by atoms with Crippen molar-refractivity contribution in [3.63, 3.8) is 0 Å². The van der Waals surface area contributed by atoms with Gasteiger partial charge in [0, 0.05) is 0 Å². The molecule has 0 fully saturated rings.